The van der Waals surface area contributed by atoms with Gasteiger partial charge in [0.05, 0.1) is 12.3 Å². The molecule has 0 aliphatic carbocycles. The van der Waals surface area contributed by atoms with Gasteiger partial charge in [0.15, 0.2) is 0 Å². The van der Waals surface area contributed by atoms with Gasteiger partial charge in [0.25, 0.3) is 0 Å². The molecule has 0 aliphatic rings. The van der Waals surface area contributed by atoms with E-state index in [0.29, 0.717) is 12.5 Å². The minimum atomic E-state index is -3.41. The third-order valence-corrected chi connectivity index (χ3v) is 5.46. The van der Waals surface area contributed by atoms with E-state index >= 15 is 0 Å². The lowest BCUT2D eigenvalue weighted by Gasteiger charge is -2.22. The predicted molar refractivity (Wildman–Crippen MR) is 78.1 cm³/mol. The summed E-state index contributed by atoms with van der Waals surface area (Å²) < 4.78 is 17.4. The lowest BCUT2D eigenvalue weighted by molar-refractivity contribution is 0.198. The molecule has 0 spiro atoms. The van der Waals surface area contributed by atoms with Crippen LogP contribution in [0.1, 0.15) is 72.6 Å². The molecule has 18 heavy (non-hydrogen) atoms. The van der Waals surface area contributed by atoms with Crippen molar-refractivity contribution in [3.63, 3.8) is 0 Å². The maximum absolute atomic E-state index is 12.0. The lowest BCUT2D eigenvalue weighted by atomic mass is 10.0. The van der Waals surface area contributed by atoms with E-state index < -0.39 is 7.60 Å². The Balaban J connectivity index is 4.09. The van der Waals surface area contributed by atoms with Crippen LogP contribution in [-0.2, 0) is 9.09 Å². The van der Waals surface area contributed by atoms with Gasteiger partial charge in [0.2, 0.25) is 0 Å². The Bertz CT molecular complexity index is 243. The van der Waals surface area contributed by atoms with E-state index in [1.165, 1.54) is 12.8 Å². The molecule has 0 aliphatic heterocycles. The molecular weight excluding hydrogens is 247 g/mol. The highest BCUT2D eigenvalue weighted by molar-refractivity contribution is 7.53. The summed E-state index contributed by atoms with van der Waals surface area (Å²) in [5.41, 5.74) is -0.235. The predicted octanol–water partition coefficient (Wildman–Crippen LogP) is 4.98. The van der Waals surface area contributed by atoms with Gasteiger partial charge in [0, 0.05) is 0 Å². The van der Waals surface area contributed by atoms with Gasteiger partial charge in [-0.3, -0.25) is 4.57 Å². The summed E-state index contributed by atoms with van der Waals surface area (Å²) in [5.74, 6) is 0.420. The normalized spacial score (nSPS) is 18.3. The van der Waals surface area contributed by atoms with E-state index in [0.717, 1.165) is 32.1 Å². The zero-order chi connectivity index (χ0) is 14.0. The molecule has 0 bridgehead atoms. The molecule has 0 aromatic rings. The average molecular weight is 278 g/mol. The molecule has 1 N–H and O–H groups in total. The van der Waals surface area contributed by atoms with Gasteiger partial charge >= 0.3 is 7.60 Å². The van der Waals surface area contributed by atoms with Crippen molar-refractivity contribution >= 4 is 7.60 Å². The van der Waals surface area contributed by atoms with E-state index in [1.807, 2.05) is 6.92 Å². The fourth-order valence-electron chi connectivity index (χ4n) is 1.90. The Hall–Kier alpha value is 0.150. The third-order valence-electron chi connectivity index (χ3n) is 3.57. The van der Waals surface area contributed by atoms with Crippen LogP contribution in [0.3, 0.4) is 0 Å². The highest BCUT2D eigenvalue weighted by atomic mass is 31.2. The summed E-state index contributed by atoms with van der Waals surface area (Å²) in [6.07, 6.45) is 7.26. The number of rotatable bonds is 11. The van der Waals surface area contributed by atoms with E-state index in [2.05, 4.69) is 20.8 Å². The second kappa shape index (κ2) is 10.00. The second-order valence-electron chi connectivity index (χ2n) is 5.27. The maximum Gasteiger partial charge on any atom is 0.330 e. The van der Waals surface area contributed by atoms with Gasteiger partial charge in [0.1, 0.15) is 0 Å². The molecule has 3 nitrogen and oxygen atoms in total. The topological polar surface area (TPSA) is 46.5 Å². The van der Waals surface area contributed by atoms with Gasteiger partial charge in [-0.2, -0.15) is 0 Å². The Morgan fingerprint density at radius 1 is 1.11 bits per heavy atom. The first-order valence-electron chi connectivity index (χ1n) is 7.44. The molecule has 3 unspecified atom stereocenters. The molecule has 4 heteroatoms. The molecule has 0 aromatic heterocycles. The van der Waals surface area contributed by atoms with Crippen LogP contribution in [0.15, 0.2) is 0 Å². The summed E-state index contributed by atoms with van der Waals surface area (Å²) >= 11 is 0. The monoisotopic (exact) mass is 278 g/mol. The molecule has 110 valence electrons. The zero-order valence-corrected chi connectivity index (χ0v) is 13.4. The number of unbranched alkanes of at least 4 members (excludes halogenated alkanes) is 2. The fourth-order valence-corrected chi connectivity index (χ4v) is 3.09. The van der Waals surface area contributed by atoms with Crippen LogP contribution in [0.4, 0.5) is 0 Å². The van der Waals surface area contributed by atoms with E-state index in [9.17, 15) is 9.46 Å². The first-order chi connectivity index (χ1) is 8.47. The minimum absolute atomic E-state index is 0.235. The van der Waals surface area contributed by atoms with Gasteiger partial charge in [-0.1, -0.05) is 59.8 Å². The summed E-state index contributed by atoms with van der Waals surface area (Å²) in [4.78, 5) is 9.91. The van der Waals surface area contributed by atoms with Crippen molar-refractivity contribution in [2.75, 3.05) is 6.61 Å². The summed E-state index contributed by atoms with van der Waals surface area (Å²) in [5, 5.41) is 0. The Morgan fingerprint density at radius 3 is 2.17 bits per heavy atom. The van der Waals surface area contributed by atoms with E-state index in [4.69, 9.17) is 4.52 Å². The van der Waals surface area contributed by atoms with Crippen molar-refractivity contribution in [2.24, 2.45) is 5.92 Å². The molecule has 0 rings (SSSR count). The van der Waals surface area contributed by atoms with Gasteiger partial charge in [-0.05, 0) is 18.8 Å². The van der Waals surface area contributed by atoms with E-state index in [-0.39, 0.29) is 5.66 Å². The van der Waals surface area contributed by atoms with Crippen LogP contribution in [0.2, 0.25) is 0 Å². The maximum atomic E-state index is 12.0. The zero-order valence-electron chi connectivity index (χ0n) is 12.5. The van der Waals surface area contributed by atoms with Gasteiger partial charge in [-0.25, -0.2) is 0 Å². The van der Waals surface area contributed by atoms with Crippen LogP contribution < -0.4 is 0 Å². The molecular formula is C14H31O3P. The van der Waals surface area contributed by atoms with Crippen LogP contribution in [0.5, 0.6) is 0 Å². The fraction of sp³-hybridized carbons (Fsp3) is 1.00. The highest BCUT2D eigenvalue weighted by Crippen LogP contribution is 2.49. The second-order valence-corrected chi connectivity index (χ2v) is 7.54. The van der Waals surface area contributed by atoms with Gasteiger partial charge in [-0.15, -0.1) is 0 Å². The van der Waals surface area contributed by atoms with E-state index in [1.54, 1.807) is 0 Å². The SMILES string of the molecule is CCCCC(CC)COP(=O)(O)C(C)CCCC. The van der Waals surface area contributed by atoms with Crippen molar-refractivity contribution in [1.82, 2.24) is 0 Å². The molecule has 0 amide bonds. The molecule has 0 saturated carbocycles. The van der Waals surface area contributed by atoms with Crippen molar-refractivity contribution < 1.29 is 14.0 Å². The smallest absolute Gasteiger partial charge is 0.324 e. The molecule has 0 heterocycles. The summed E-state index contributed by atoms with van der Waals surface area (Å²) in [6.45, 7) is 8.63. The minimum Gasteiger partial charge on any atom is -0.324 e. The molecule has 3 atom stereocenters. The third kappa shape index (κ3) is 7.56. The quantitative estimate of drug-likeness (QED) is 0.542. The number of hydrogen-bond acceptors (Lipinski definition) is 2. The largest absolute Gasteiger partial charge is 0.330 e. The first-order valence-corrected chi connectivity index (χ1v) is 9.09. The molecule has 0 fully saturated rings. The Morgan fingerprint density at radius 2 is 1.67 bits per heavy atom. The summed E-state index contributed by atoms with van der Waals surface area (Å²) in [6, 6.07) is 0. The van der Waals surface area contributed by atoms with Crippen LogP contribution >= 0.6 is 7.60 Å². The van der Waals surface area contributed by atoms with Crippen LogP contribution in [0, 0.1) is 5.92 Å². The van der Waals surface area contributed by atoms with Crippen LogP contribution in [0.25, 0.3) is 0 Å². The van der Waals surface area contributed by atoms with Crippen LogP contribution in [-0.4, -0.2) is 17.2 Å². The van der Waals surface area contributed by atoms with Crippen molar-refractivity contribution in [3.05, 3.63) is 0 Å². The Labute approximate surface area is 113 Å². The molecule has 0 aromatic carbocycles. The Kier molecular flexibility index (Phi) is 10.1. The van der Waals surface area contributed by atoms with Crippen molar-refractivity contribution in [1.29, 1.82) is 0 Å². The first kappa shape index (κ1) is 18.1. The lowest BCUT2D eigenvalue weighted by Crippen LogP contribution is -2.12. The van der Waals surface area contributed by atoms with Crippen molar-refractivity contribution in [3.8, 4) is 0 Å². The standard InChI is InChI=1S/C14H31O3P/c1-5-8-10-13(4)18(15,16)17-12-14(7-3)11-9-6-2/h13-14H,5-12H2,1-4H3,(H,15,16). The summed E-state index contributed by atoms with van der Waals surface area (Å²) in [7, 11) is -3.41. The average Bonchev–Trinajstić information content (AvgIpc) is 2.36. The molecule has 0 radical (unpaired) electrons. The van der Waals surface area contributed by atoms with Gasteiger partial charge < -0.3 is 9.42 Å². The number of hydrogen-bond donors (Lipinski definition) is 1. The molecule has 0 saturated heterocycles. The van der Waals surface area contributed by atoms with Crippen molar-refractivity contribution in [2.45, 2.75) is 78.3 Å². The highest BCUT2D eigenvalue weighted by Gasteiger charge is 2.28.